The van der Waals surface area contributed by atoms with Crippen molar-refractivity contribution in [2.75, 3.05) is 25.7 Å². The Morgan fingerprint density at radius 1 is 1.03 bits per heavy atom. The molecule has 1 heterocycles. The number of carbonyl (C=O) groups is 2. The van der Waals surface area contributed by atoms with E-state index in [2.05, 4.69) is 20.7 Å². The SMILES string of the molecule is COc1ccc(-c2nnn(CC(=O)N(CC(=O)NC(C)(C)C)c3cc(C)ccc3C)n2)cc1OC. The molecule has 0 saturated heterocycles. The van der Waals surface area contributed by atoms with Gasteiger partial charge in [0.2, 0.25) is 11.7 Å². The molecule has 0 aliphatic heterocycles. The molecule has 3 rings (SSSR count). The fourth-order valence-electron chi connectivity index (χ4n) is 3.53. The summed E-state index contributed by atoms with van der Waals surface area (Å²) in [5.41, 5.74) is 2.77. The second-order valence-electron chi connectivity index (χ2n) is 9.28. The third-order valence-electron chi connectivity index (χ3n) is 5.14. The molecule has 1 aromatic heterocycles. The van der Waals surface area contributed by atoms with Gasteiger partial charge in [0.05, 0.1) is 14.2 Å². The molecule has 3 aromatic rings. The highest BCUT2D eigenvalue weighted by molar-refractivity contribution is 5.99. The zero-order chi connectivity index (χ0) is 25.8. The van der Waals surface area contributed by atoms with Crippen LogP contribution in [0.2, 0.25) is 0 Å². The molecule has 0 aliphatic carbocycles. The lowest BCUT2D eigenvalue weighted by molar-refractivity contribution is -0.125. The van der Waals surface area contributed by atoms with E-state index < -0.39 is 5.54 Å². The van der Waals surface area contributed by atoms with Crippen molar-refractivity contribution in [1.29, 1.82) is 0 Å². The highest BCUT2D eigenvalue weighted by Crippen LogP contribution is 2.30. The normalized spacial score (nSPS) is 11.2. The minimum Gasteiger partial charge on any atom is -0.493 e. The molecule has 35 heavy (non-hydrogen) atoms. The number of nitrogens with one attached hydrogen (secondary N) is 1. The van der Waals surface area contributed by atoms with Crippen LogP contribution in [0.4, 0.5) is 5.69 Å². The van der Waals surface area contributed by atoms with Crippen molar-refractivity contribution in [2.24, 2.45) is 0 Å². The van der Waals surface area contributed by atoms with Gasteiger partial charge < -0.3 is 19.7 Å². The molecule has 0 saturated carbocycles. The number of carbonyl (C=O) groups excluding carboxylic acids is 2. The molecule has 0 fully saturated rings. The van der Waals surface area contributed by atoms with Crippen LogP contribution in [0.5, 0.6) is 11.5 Å². The lowest BCUT2D eigenvalue weighted by Gasteiger charge is -2.27. The van der Waals surface area contributed by atoms with E-state index in [1.807, 2.05) is 52.8 Å². The van der Waals surface area contributed by atoms with Crippen molar-refractivity contribution in [2.45, 2.75) is 46.7 Å². The first-order chi connectivity index (χ1) is 16.5. The number of hydrogen-bond acceptors (Lipinski definition) is 7. The van der Waals surface area contributed by atoms with Gasteiger partial charge in [-0.05, 0) is 75.2 Å². The van der Waals surface area contributed by atoms with E-state index >= 15 is 0 Å². The molecule has 2 aromatic carbocycles. The summed E-state index contributed by atoms with van der Waals surface area (Å²) in [6, 6.07) is 11.0. The summed E-state index contributed by atoms with van der Waals surface area (Å²) in [7, 11) is 3.10. The smallest absolute Gasteiger partial charge is 0.251 e. The number of benzene rings is 2. The van der Waals surface area contributed by atoms with Gasteiger partial charge in [-0.3, -0.25) is 9.59 Å². The van der Waals surface area contributed by atoms with E-state index in [0.717, 1.165) is 11.1 Å². The summed E-state index contributed by atoms with van der Waals surface area (Å²) in [6.07, 6.45) is 0. The summed E-state index contributed by atoms with van der Waals surface area (Å²) >= 11 is 0. The zero-order valence-electron chi connectivity index (χ0n) is 21.2. The molecule has 0 bridgehead atoms. The quantitative estimate of drug-likeness (QED) is 0.528. The Balaban J connectivity index is 1.86. The topological polar surface area (TPSA) is 111 Å². The van der Waals surface area contributed by atoms with Gasteiger partial charge in [-0.2, -0.15) is 4.80 Å². The van der Waals surface area contributed by atoms with Crippen molar-refractivity contribution < 1.29 is 19.1 Å². The number of tetrazole rings is 1. The van der Waals surface area contributed by atoms with E-state index in [1.165, 1.54) is 9.70 Å². The Morgan fingerprint density at radius 3 is 2.40 bits per heavy atom. The standard InChI is InChI=1S/C25H32N6O4/c1-16-8-9-17(2)19(12-16)30(14-22(32)26-25(3,4)5)23(33)15-31-28-24(27-29-31)18-10-11-20(34-6)21(13-18)35-7/h8-13H,14-15H2,1-7H3,(H,26,32). The molecule has 0 atom stereocenters. The largest absolute Gasteiger partial charge is 0.493 e. The highest BCUT2D eigenvalue weighted by atomic mass is 16.5. The van der Waals surface area contributed by atoms with Crippen LogP contribution >= 0.6 is 0 Å². The van der Waals surface area contributed by atoms with Crippen LogP contribution in [0.25, 0.3) is 11.4 Å². The second kappa shape index (κ2) is 10.5. The fraction of sp³-hybridized carbons (Fsp3) is 0.400. The summed E-state index contributed by atoms with van der Waals surface area (Å²) < 4.78 is 10.6. The van der Waals surface area contributed by atoms with Crippen LogP contribution in [0.3, 0.4) is 0 Å². The molecular weight excluding hydrogens is 448 g/mol. The average Bonchev–Trinajstić information content (AvgIpc) is 3.25. The van der Waals surface area contributed by atoms with Crippen molar-refractivity contribution in [1.82, 2.24) is 25.5 Å². The Labute approximate surface area is 205 Å². The highest BCUT2D eigenvalue weighted by Gasteiger charge is 2.24. The number of methoxy groups -OCH3 is 2. The summed E-state index contributed by atoms with van der Waals surface area (Å²) in [6.45, 7) is 9.21. The lowest BCUT2D eigenvalue weighted by Crippen LogP contribution is -2.48. The van der Waals surface area contributed by atoms with Gasteiger partial charge in [0, 0.05) is 16.8 Å². The molecular formula is C25H32N6O4. The molecule has 10 heteroatoms. The van der Waals surface area contributed by atoms with Gasteiger partial charge in [-0.1, -0.05) is 12.1 Å². The minimum atomic E-state index is -0.421. The molecule has 0 aliphatic rings. The summed E-state index contributed by atoms with van der Waals surface area (Å²) in [4.78, 5) is 28.8. The lowest BCUT2D eigenvalue weighted by atomic mass is 10.1. The second-order valence-corrected chi connectivity index (χ2v) is 9.28. The molecule has 186 valence electrons. The van der Waals surface area contributed by atoms with Crippen molar-refractivity contribution in [3.05, 3.63) is 47.5 Å². The molecule has 10 nitrogen and oxygen atoms in total. The van der Waals surface area contributed by atoms with Crippen molar-refractivity contribution in [3.8, 4) is 22.9 Å². The van der Waals surface area contributed by atoms with Gasteiger partial charge in [0.1, 0.15) is 13.1 Å². The molecule has 0 spiro atoms. The molecule has 0 radical (unpaired) electrons. The maximum Gasteiger partial charge on any atom is 0.251 e. The maximum absolute atomic E-state index is 13.4. The van der Waals surface area contributed by atoms with Crippen LogP contribution in [-0.4, -0.2) is 58.3 Å². The third kappa shape index (κ3) is 6.56. The first-order valence-electron chi connectivity index (χ1n) is 11.2. The number of rotatable bonds is 8. The fourth-order valence-corrected chi connectivity index (χ4v) is 3.53. The Morgan fingerprint density at radius 2 is 1.74 bits per heavy atom. The van der Waals surface area contributed by atoms with Gasteiger partial charge in [0.25, 0.3) is 5.91 Å². The van der Waals surface area contributed by atoms with Crippen LogP contribution < -0.4 is 19.7 Å². The first kappa shape index (κ1) is 25.7. The number of nitrogens with zero attached hydrogens (tertiary/aromatic N) is 5. The molecule has 2 amide bonds. The Kier molecular flexibility index (Phi) is 7.73. The number of amides is 2. The van der Waals surface area contributed by atoms with Gasteiger partial charge >= 0.3 is 0 Å². The van der Waals surface area contributed by atoms with Crippen molar-refractivity contribution in [3.63, 3.8) is 0 Å². The Bertz CT molecular complexity index is 1210. The molecule has 0 unspecified atom stereocenters. The Hall–Kier alpha value is -3.95. The van der Waals surface area contributed by atoms with E-state index in [9.17, 15) is 9.59 Å². The van der Waals surface area contributed by atoms with E-state index in [0.29, 0.717) is 28.6 Å². The summed E-state index contributed by atoms with van der Waals surface area (Å²) in [5, 5.41) is 15.4. The van der Waals surface area contributed by atoms with E-state index in [4.69, 9.17) is 9.47 Å². The zero-order valence-corrected chi connectivity index (χ0v) is 21.2. The maximum atomic E-state index is 13.4. The number of aromatic nitrogens is 4. The van der Waals surface area contributed by atoms with Crippen LogP contribution in [0.1, 0.15) is 31.9 Å². The van der Waals surface area contributed by atoms with Crippen LogP contribution in [-0.2, 0) is 16.1 Å². The molecule has 1 N–H and O–H groups in total. The van der Waals surface area contributed by atoms with Crippen LogP contribution in [0, 0.1) is 13.8 Å². The van der Waals surface area contributed by atoms with Crippen molar-refractivity contribution >= 4 is 17.5 Å². The first-order valence-corrected chi connectivity index (χ1v) is 11.2. The summed E-state index contributed by atoms with van der Waals surface area (Å²) in [5.74, 6) is 0.853. The van der Waals surface area contributed by atoms with Gasteiger partial charge in [-0.15, -0.1) is 10.2 Å². The van der Waals surface area contributed by atoms with E-state index in [-0.39, 0.29) is 24.9 Å². The minimum absolute atomic E-state index is 0.127. The number of ether oxygens (including phenoxy) is 2. The van der Waals surface area contributed by atoms with E-state index in [1.54, 1.807) is 32.4 Å². The van der Waals surface area contributed by atoms with Crippen LogP contribution in [0.15, 0.2) is 36.4 Å². The predicted octanol–water partition coefficient (Wildman–Crippen LogP) is 2.92. The van der Waals surface area contributed by atoms with Gasteiger partial charge in [0.15, 0.2) is 11.5 Å². The number of hydrogen-bond donors (Lipinski definition) is 1. The monoisotopic (exact) mass is 480 g/mol. The number of anilines is 1. The average molecular weight is 481 g/mol. The third-order valence-corrected chi connectivity index (χ3v) is 5.14. The number of aryl methyl sites for hydroxylation is 2. The van der Waals surface area contributed by atoms with Gasteiger partial charge in [-0.25, -0.2) is 0 Å². The predicted molar refractivity (Wildman–Crippen MR) is 133 cm³/mol.